The standard InChI is InChI=1S/C20H21ClF3N5O2/c1-3-16(30)27-14-8-6-13(7-9-14)18(31)29(4-2)11-5-10-25-19-26-12-15(21)17(28-19)20(22,23)24/h3,6-9,12H,1,4-5,10-11H2,2H3,(H,27,30)(H,25,26,28). The molecule has 2 amide bonds. The van der Waals surface area contributed by atoms with E-state index in [0.717, 1.165) is 12.3 Å². The maximum absolute atomic E-state index is 12.9. The minimum Gasteiger partial charge on any atom is -0.354 e. The van der Waals surface area contributed by atoms with Crippen molar-refractivity contribution in [3.05, 3.63) is 59.4 Å². The van der Waals surface area contributed by atoms with Crippen molar-refractivity contribution < 1.29 is 22.8 Å². The Hall–Kier alpha value is -3.14. The molecule has 0 spiro atoms. The fourth-order valence-electron chi connectivity index (χ4n) is 2.60. The number of hydrogen-bond acceptors (Lipinski definition) is 5. The van der Waals surface area contributed by atoms with E-state index < -0.39 is 16.9 Å². The van der Waals surface area contributed by atoms with E-state index in [2.05, 4.69) is 27.2 Å². The van der Waals surface area contributed by atoms with Crippen molar-refractivity contribution in [2.24, 2.45) is 0 Å². The summed E-state index contributed by atoms with van der Waals surface area (Å²) in [7, 11) is 0. The van der Waals surface area contributed by atoms with Crippen LogP contribution in [0.4, 0.5) is 24.8 Å². The van der Waals surface area contributed by atoms with Gasteiger partial charge in [0.05, 0.1) is 11.2 Å². The van der Waals surface area contributed by atoms with Gasteiger partial charge in [-0.15, -0.1) is 0 Å². The Bertz CT molecular complexity index is 935. The minimum atomic E-state index is -4.67. The smallest absolute Gasteiger partial charge is 0.354 e. The number of aromatic nitrogens is 2. The van der Waals surface area contributed by atoms with Crippen LogP contribution in [0.5, 0.6) is 0 Å². The number of amides is 2. The lowest BCUT2D eigenvalue weighted by Crippen LogP contribution is -2.32. The van der Waals surface area contributed by atoms with Gasteiger partial charge in [-0.1, -0.05) is 18.2 Å². The summed E-state index contributed by atoms with van der Waals surface area (Å²) in [6.07, 6.45) is -2.18. The summed E-state index contributed by atoms with van der Waals surface area (Å²) < 4.78 is 38.6. The number of rotatable bonds is 9. The molecule has 2 aromatic rings. The Labute approximate surface area is 182 Å². The fourth-order valence-corrected chi connectivity index (χ4v) is 2.79. The van der Waals surface area contributed by atoms with Crippen LogP contribution in [0.25, 0.3) is 0 Å². The first kappa shape index (κ1) is 24.1. The van der Waals surface area contributed by atoms with Crippen molar-refractivity contribution >= 4 is 35.1 Å². The average molecular weight is 456 g/mol. The molecule has 0 bridgehead atoms. The van der Waals surface area contributed by atoms with E-state index in [9.17, 15) is 22.8 Å². The molecule has 11 heteroatoms. The van der Waals surface area contributed by atoms with Gasteiger partial charge in [0.15, 0.2) is 5.69 Å². The zero-order valence-electron chi connectivity index (χ0n) is 16.7. The molecule has 0 saturated heterocycles. The van der Waals surface area contributed by atoms with Crippen LogP contribution < -0.4 is 10.6 Å². The number of nitrogens with zero attached hydrogens (tertiary/aromatic N) is 3. The van der Waals surface area contributed by atoms with Crippen molar-refractivity contribution in [1.29, 1.82) is 0 Å². The predicted octanol–water partition coefficient (Wildman–Crippen LogP) is 4.24. The number of anilines is 2. The molecular formula is C20H21ClF3N5O2. The molecule has 0 aliphatic rings. The maximum Gasteiger partial charge on any atom is 0.435 e. The molecule has 0 radical (unpaired) electrons. The van der Waals surface area contributed by atoms with E-state index in [0.29, 0.717) is 30.8 Å². The number of benzene rings is 1. The highest BCUT2D eigenvalue weighted by Crippen LogP contribution is 2.32. The Morgan fingerprint density at radius 3 is 2.52 bits per heavy atom. The van der Waals surface area contributed by atoms with E-state index in [4.69, 9.17) is 11.6 Å². The van der Waals surface area contributed by atoms with Crippen LogP contribution in [0.1, 0.15) is 29.4 Å². The van der Waals surface area contributed by atoms with Crippen LogP contribution in [-0.4, -0.2) is 46.3 Å². The van der Waals surface area contributed by atoms with Gasteiger partial charge >= 0.3 is 6.18 Å². The lowest BCUT2D eigenvalue weighted by atomic mass is 10.1. The topological polar surface area (TPSA) is 87.2 Å². The number of hydrogen-bond donors (Lipinski definition) is 2. The van der Waals surface area contributed by atoms with Crippen LogP contribution in [0.3, 0.4) is 0 Å². The molecule has 0 unspecified atom stereocenters. The third kappa shape index (κ3) is 6.95. The summed E-state index contributed by atoms with van der Waals surface area (Å²) in [5.41, 5.74) is -0.220. The highest BCUT2D eigenvalue weighted by molar-refractivity contribution is 6.31. The second-order valence-corrected chi connectivity index (χ2v) is 6.73. The van der Waals surface area contributed by atoms with Gasteiger partial charge < -0.3 is 15.5 Å². The molecule has 31 heavy (non-hydrogen) atoms. The molecule has 0 aliphatic carbocycles. The molecule has 0 atom stereocenters. The van der Waals surface area contributed by atoms with E-state index >= 15 is 0 Å². The van der Waals surface area contributed by atoms with Crippen LogP contribution >= 0.6 is 11.6 Å². The van der Waals surface area contributed by atoms with Crippen LogP contribution in [-0.2, 0) is 11.0 Å². The SMILES string of the molecule is C=CC(=O)Nc1ccc(C(=O)N(CC)CCCNc2ncc(Cl)c(C(F)(F)F)n2)cc1. The van der Waals surface area contributed by atoms with Crippen LogP contribution in [0, 0.1) is 0 Å². The summed E-state index contributed by atoms with van der Waals surface area (Å²) >= 11 is 5.50. The molecule has 0 fully saturated rings. The Morgan fingerprint density at radius 1 is 1.26 bits per heavy atom. The second kappa shape index (κ2) is 10.8. The Morgan fingerprint density at radius 2 is 1.94 bits per heavy atom. The largest absolute Gasteiger partial charge is 0.435 e. The molecule has 1 aromatic carbocycles. The van der Waals surface area contributed by atoms with Crippen molar-refractivity contribution in [3.63, 3.8) is 0 Å². The van der Waals surface area contributed by atoms with E-state index in [1.165, 1.54) is 0 Å². The van der Waals surface area contributed by atoms with E-state index in [1.54, 1.807) is 29.2 Å². The first-order valence-corrected chi connectivity index (χ1v) is 9.69. The van der Waals surface area contributed by atoms with Crippen molar-refractivity contribution in [3.8, 4) is 0 Å². The predicted molar refractivity (Wildman–Crippen MR) is 112 cm³/mol. The number of halogens is 4. The Kier molecular flexibility index (Phi) is 8.38. The molecule has 0 saturated carbocycles. The molecular weight excluding hydrogens is 435 g/mol. The molecule has 1 aromatic heterocycles. The van der Waals surface area contributed by atoms with Gasteiger partial charge in [-0.05, 0) is 43.7 Å². The lowest BCUT2D eigenvalue weighted by Gasteiger charge is -2.21. The van der Waals surface area contributed by atoms with E-state index in [1.807, 2.05) is 6.92 Å². The van der Waals surface area contributed by atoms with Crippen LogP contribution in [0.15, 0.2) is 43.1 Å². The first-order chi connectivity index (χ1) is 14.7. The fraction of sp³-hybridized carbons (Fsp3) is 0.300. The van der Waals surface area contributed by atoms with Crippen molar-refractivity contribution in [2.45, 2.75) is 19.5 Å². The quantitative estimate of drug-likeness (QED) is 0.436. The molecule has 166 valence electrons. The maximum atomic E-state index is 12.9. The monoisotopic (exact) mass is 455 g/mol. The molecule has 2 N–H and O–H groups in total. The molecule has 7 nitrogen and oxygen atoms in total. The molecule has 2 rings (SSSR count). The summed E-state index contributed by atoms with van der Waals surface area (Å²) in [6.45, 7) is 6.27. The third-order valence-electron chi connectivity index (χ3n) is 4.15. The highest BCUT2D eigenvalue weighted by Gasteiger charge is 2.35. The lowest BCUT2D eigenvalue weighted by molar-refractivity contribution is -0.141. The zero-order chi connectivity index (χ0) is 23.0. The highest BCUT2D eigenvalue weighted by atomic mass is 35.5. The number of carbonyl (C=O) groups is 2. The number of carbonyl (C=O) groups excluding carboxylic acids is 2. The molecule has 1 heterocycles. The third-order valence-corrected chi connectivity index (χ3v) is 4.43. The minimum absolute atomic E-state index is 0.191. The van der Waals surface area contributed by atoms with Gasteiger partial charge in [0, 0.05) is 30.9 Å². The molecule has 0 aliphatic heterocycles. The van der Waals surface area contributed by atoms with Crippen LogP contribution in [0.2, 0.25) is 5.02 Å². The van der Waals surface area contributed by atoms with Crippen molar-refractivity contribution in [2.75, 3.05) is 30.3 Å². The van der Waals surface area contributed by atoms with Crippen molar-refractivity contribution in [1.82, 2.24) is 14.9 Å². The normalized spacial score (nSPS) is 11.0. The zero-order valence-corrected chi connectivity index (χ0v) is 17.4. The Balaban J connectivity index is 1.90. The van der Waals surface area contributed by atoms with Gasteiger partial charge in [-0.25, -0.2) is 9.97 Å². The summed E-state index contributed by atoms with van der Waals surface area (Å²) in [5.74, 6) is -0.747. The number of alkyl halides is 3. The van der Waals surface area contributed by atoms with E-state index in [-0.39, 0.29) is 24.3 Å². The van der Waals surface area contributed by atoms with Gasteiger partial charge in [-0.2, -0.15) is 13.2 Å². The van der Waals surface area contributed by atoms with Gasteiger partial charge in [-0.3, -0.25) is 9.59 Å². The summed E-state index contributed by atoms with van der Waals surface area (Å²) in [4.78, 5) is 32.7. The second-order valence-electron chi connectivity index (χ2n) is 6.32. The van der Waals surface area contributed by atoms with Gasteiger partial charge in [0.25, 0.3) is 5.91 Å². The average Bonchev–Trinajstić information content (AvgIpc) is 2.74. The van der Waals surface area contributed by atoms with Gasteiger partial charge in [0.2, 0.25) is 11.9 Å². The van der Waals surface area contributed by atoms with Gasteiger partial charge in [0.1, 0.15) is 0 Å². The first-order valence-electron chi connectivity index (χ1n) is 9.32. The number of nitrogens with one attached hydrogen (secondary N) is 2. The summed E-state index contributed by atoms with van der Waals surface area (Å²) in [5, 5.41) is 4.73. The summed E-state index contributed by atoms with van der Waals surface area (Å²) in [6, 6.07) is 6.42.